The Morgan fingerprint density at radius 1 is 1.00 bits per heavy atom. The van der Waals surface area contributed by atoms with E-state index in [1.54, 1.807) is 33.8 Å². The number of carbonyl (C=O) groups excluding carboxylic acids is 4. The number of hydrogen-bond acceptors (Lipinski definition) is 8. The number of fused-ring (bicyclic) bond motifs is 3. The summed E-state index contributed by atoms with van der Waals surface area (Å²) < 4.78 is 0. The Morgan fingerprint density at radius 3 is 2.05 bits per heavy atom. The second-order valence-corrected chi connectivity index (χ2v) is 12.4. The zero-order chi connectivity index (χ0) is 28.9. The minimum absolute atomic E-state index is 0.000226. The molecule has 204 valence electrons. The third-order valence-corrected chi connectivity index (χ3v) is 9.04. The van der Waals surface area contributed by atoms with Gasteiger partial charge in [0.1, 0.15) is 22.8 Å². The highest BCUT2D eigenvalue weighted by Crippen LogP contribution is 2.65. The molecule has 1 unspecified atom stereocenters. The van der Waals surface area contributed by atoms with Gasteiger partial charge in [-0.3, -0.25) is 19.2 Å². The molecule has 3 aliphatic carbocycles. The Morgan fingerprint density at radius 2 is 1.58 bits per heavy atom. The van der Waals surface area contributed by atoms with Gasteiger partial charge in [0.15, 0.2) is 23.0 Å². The molecule has 0 bridgehead atoms. The van der Waals surface area contributed by atoms with Gasteiger partial charge >= 0.3 is 0 Å². The van der Waals surface area contributed by atoms with Crippen LogP contribution in [-0.2, 0) is 20.8 Å². The van der Waals surface area contributed by atoms with Crippen molar-refractivity contribution < 1.29 is 39.6 Å². The van der Waals surface area contributed by atoms with Crippen molar-refractivity contribution >= 4 is 28.9 Å². The van der Waals surface area contributed by atoms with Gasteiger partial charge in [0.2, 0.25) is 5.78 Å². The van der Waals surface area contributed by atoms with Crippen LogP contribution in [0.25, 0.3) is 5.76 Å². The Hall–Kier alpha value is -3.26. The molecular formula is C30H36O8. The van der Waals surface area contributed by atoms with Crippen molar-refractivity contribution in [3.8, 4) is 5.75 Å². The third kappa shape index (κ3) is 3.25. The molecule has 4 N–H and O–H groups in total. The monoisotopic (exact) mass is 524 g/mol. The van der Waals surface area contributed by atoms with Crippen LogP contribution in [0.3, 0.4) is 0 Å². The van der Waals surface area contributed by atoms with Crippen LogP contribution in [0.1, 0.15) is 94.8 Å². The number of aliphatic hydroxyl groups excluding tert-OH is 2. The molecule has 0 saturated heterocycles. The fourth-order valence-corrected chi connectivity index (χ4v) is 7.60. The van der Waals surface area contributed by atoms with Gasteiger partial charge in [-0.05, 0) is 55.7 Å². The number of phenolic OH excluding ortho intramolecular Hbond substituents is 1. The molecule has 0 radical (unpaired) electrons. The Labute approximate surface area is 222 Å². The van der Waals surface area contributed by atoms with Crippen LogP contribution in [0.4, 0.5) is 0 Å². The van der Waals surface area contributed by atoms with Crippen molar-refractivity contribution in [3.05, 3.63) is 45.2 Å². The maximum atomic E-state index is 14.3. The lowest BCUT2D eigenvalue weighted by atomic mass is 9.43. The Bertz CT molecular complexity index is 1390. The van der Waals surface area contributed by atoms with Gasteiger partial charge in [-0.25, -0.2) is 0 Å². The van der Waals surface area contributed by atoms with Crippen molar-refractivity contribution in [1.29, 1.82) is 0 Å². The molecule has 0 aromatic heterocycles. The van der Waals surface area contributed by atoms with Gasteiger partial charge in [0.25, 0.3) is 0 Å². The molecule has 0 amide bonds. The number of aromatic hydroxyl groups is 1. The SMILES string of the molecule is CC(=O)C1=C(O)[C@]2(O)C(=O)C3=C(O)c4c(O)c(C(C)=O)cc(C(C)C)c4C[C@]3(C)C[C@]2(C)C(C(C)C)C1=O. The highest BCUT2D eigenvalue weighted by Gasteiger charge is 2.72. The van der Waals surface area contributed by atoms with E-state index >= 15 is 0 Å². The van der Waals surface area contributed by atoms with Crippen molar-refractivity contribution in [3.63, 3.8) is 0 Å². The lowest BCUT2D eigenvalue weighted by Crippen LogP contribution is -2.69. The lowest BCUT2D eigenvalue weighted by Gasteiger charge is -2.59. The van der Waals surface area contributed by atoms with E-state index in [-0.39, 0.29) is 41.4 Å². The zero-order valence-electron chi connectivity index (χ0n) is 23.1. The first-order valence-electron chi connectivity index (χ1n) is 13.0. The molecule has 0 spiro atoms. The predicted molar refractivity (Wildman–Crippen MR) is 140 cm³/mol. The standard InChI is InChI=1S/C30H36O8/c1-12(2)16-9-17(14(5)31)23(33)20-18(16)10-28(7)11-29(8)21(13(3)4)24(34)19(15(6)32)26(36)30(29,38)27(37)22(28)25(20)35/h9,12-13,21,33,35-36,38H,10-11H2,1-8H3/t21?,28-,29-,30+/m1/s1. The van der Waals surface area contributed by atoms with E-state index in [2.05, 4.69) is 0 Å². The molecule has 4 rings (SSSR count). The van der Waals surface area contributed by atoms with E-state index in [1.807, 2.05) is 13.8 Å². The van der Waals surface area contributed by atoms with Gasteiger partial charge in [-0.2, -0.15) is 0 Å². The van der Waals surface area contributed by atoms with Gasteiger partial charge in [0.05, 0.1) is 11.1 Å². The van der Waals surface area contributed by atoms with Crippen LogP contribution in [0, 0.1) is 22.7 Å². The molecule has 1 aromatic carbocycles. The predicted octanol–water partition coefficient (Wildman–Crippen LogP) is 4.52. The van der Waals surface area contributed by atoms with E-state index < -0.39 is 68.3 Å². The van der Waals surface area contributed by atoms with Crippen LogP contribution < -0.4 is 0 Å². The summed E-state index contributed by atoms with van der Waals surface area (Å²) in [5, 5.41) is 46.0. The summed E-state index contributed by atoms with van der Waals surface area (Å²) in [4.78, 5) is 52.7. The fourth-order valence-electron chi connectivity index (χ4n) is 7.60. The number of Topliss-reactive ketones (excluding diaryl/α,β-unsaturated/α-hetero) is 4. The van der Waals surface area contributed by atoms with Crippen LogP contribution in [0.5, 0.6) is 5.75 Å². The molecule has 8 heteroatoms. The first-order chi connectivity index (χ1) is 17.4. The number of carbonyl (C=O) groups is 4. The Kier molecular flexibility index (Phi) is 6.11. The normalized spacial score (nSPS) is 31.0. The van der Waals surface area contributed by atoms with Gasteiger partial charge in [-0.15, -0.1) is 0 Å². The fraction of sp³-hybridized carbons (Fsp3) is 0.533. The molecule has 38 heavy (non-hydrogen) atoms. The Balaban J connectivity index is 2.13. The quantitative estimate of drug-likeness (QED) is 0.332. The van der Waals surface area contributed by atoms with E-state index in [0.29, 0.717) is 5.56 Å². The molecule has 0 heterocycles. The van der Waals surface area contributed by atoms with Crippen molar-refractivity contribution in [2.75, 3.05) is 0 Å². The minimum atomic E-state index is -2.66. The molecule has 3 aliphatic rings. The lowest BCUT2D eigenvalue weighted by molar-refractivity contribution is -0.178. The number of allylic oxidation sites excluding steroid dienone is 1. The van der Waals surface area contributed by atoms with E-state index in [0.717, 1.165) is 12.5 Å². The highest BCUT2D eigenvalue weighted by atomic mass is 16.3. The molecule has 8 nitrogen and oxygen atoms in total. The molecule has 1 aromatic rings. The van der Waals surface area contributed by atoms with Gasteiger partial charge in [-0.1, -0.05) is 41.5 Å². The second kappa shape index (κ2) is 8.37. The summed E-state index contributed by atoms with van der Waals surface area (Å²) in [6.45, 7) is 13.1. The number of hydrogen-bond donors (Lipinski definition) is 4. The number of phenols is 1. The van der Waals surface area contributed by atoms with Gasteiger partial charge < -0.3 is 20.4 Å². The highest BCUT2D eigenvalue weighted by molar-refractivity contribution is 6.24. The average molecular weight is 525 g/mol. The van der Waals surface area contributed by atoms with E-state index in [9.17, 15) is 39.6 Å². The van der Waals surface area contributed by atoms with Crippen molar-refractivity contribution in [2.24, 2.45) is 22.7 Å². The largest absolute Gasteiger partial charge is 0.508 e. The molecule has 0 aliphatic heterocycles. The summed E-state index contributed by atoms with van der Waals surface area (Å²) in [6.07, 6.45) is 0.207. The minimum Gasteiger partial charge on any atom is -0.508 e. The van der Waals surface area contributed by atoms with Crippen LogP contribution in [-0.4, -0.2) is 49.2 Å². The first-order valence-corrected chi connectivity index (χ1v) is 13.0. The van der Waals surface area contributed by atoms with E-state index in [4.69, 9.17) is 0 Å². The molecule has 4 atom stereocenters. The van der Waals surface area contributed by atoms with Crippen molar-refractivity contribution in [1.82, 2.24) is 0 Å². The first kappa shape index (κ1) is 27.8. The summed E-state index contributed by atoms with van der Waals surface area (Å²) in [5.41, 5.74) is -4.81. The maximum Gasteiger partial charge on any atom is 0.203 e. The van der Waals surface area contributed by atoms with E-state index in [1.165, 1.54) is 6.92 Å². The van der Waals surface area contributed by atoms with Crippen LogP contribution >= 0.6 is 0 Å². The number of ketones is 4. The summed E-state index contributed by atoms with van der Waals surface area (Å²) >= 11 is 0. The molecule has 1 fully saturated rings. The number of benzene rings is 1. The van der Waals surface area contributed by atoms with Crippen molar-refractivity contribution in [2.45, 2.75) is 79.8 Å². The number of aliphatic hydroxyl groups is 3. The summed E-state index contributed by atoms with van der Waals surface area (Å²) in [6, 6.07) is 1.61. The average Bonchev–Trinajstić information content (AvgIpc) is 2.75. The maximum absolute atomic E-state index is 14.3. The summed E-state index contributed by atoms with van der Waals surface area (Å²) in [7, 11) is 0. The van der Waals surface area contributed by atoms with Crippen LogP contribution in [0.15, 0.2) is 23.0 Å². The summed E-state index contributed by atoms with van der Waals surface area (Å²) in [5.74, 6) is -6.31. The second-order valence-electron chi connectivity index (χ2n) is 12.4. The molecule has 1 saturated carbocycles. The zero-order valence-corrected chi connectivity index (χ0v) is 23.1. The smallest absolute Gasteiger partial charge is 0.203 e. The third-order valence-electron chi connectivity index (χ3n) is 9.04. The topological polar surface area (TPSA) is 149 Å². The van der Waals surface area contributed by atoms with Gasteiger partial charge in [0, 0.05) is 22.3 Å². The number of rotatable bonds is 4. The molecular weight excluding hydrogens is 488 g/mol. The van der Waals surface area contributed by atoms with Crippen LogP contribution in [0.2, 0.25) is 0 Å².